The Morgan fingerprint density at radius 1 is 1.07 bits per heavy atom. The van der Waals surface area contributed by atoms with E-state index in [1.807, 2.05) is 6.07 Å². The van der Waals surface area contributed by atoms with Gasteiger partial charge in [0.05, 0.1) is 6.61 Å². The van der Waals surface area contributed by atoms with Gasteiger partial charge < -0.3 is 10.2 Å². The van der Waals surface area contributed by atoms with E-state index in [0.29, 0.717) is 10.6 Å². The predicted molar refractivity (Wildman–Crippen MR) is 56.5 cm³/mol. The molecular formula is C11H9ClO2. The van der Waals surface area contributed by atoms with Crippen LogP contribution in [0.25, 0.3) is 10.8 Å². The van der Waals surface area contributed by atoms with Gasteiger partial charge in [-0.05, 0) is 35.0 Å². The molecule has 2 aromatic carbocycles. The second kappa shape index (κ2) is 3.48. The molecule has 2 N–H and O–H groups in total. The molecule has 0 aliphatic carbocycles. The topological polar surface area (TPSA) is 40.5 Å². The number of halogens is 1. The molecule has 0 saturated heterocycles. The van der Waals surface area contributed by atoms with Crippen LogP contribution in [0.4, 0.5) is 0 Å². The van der Waals surface area contributed by atoms with Crippen molar-refractivity contribution in [3.8, 4) is 5.75 Å². The van der Waals surface area contributed by atoms with Gasteiger partial charge in [-0.25, -0.2) is 0 Å². The van der Waals surface area contributed by atoms with Gasteiger partial charge in [0.1, 0.15) is 5.75 Å². The first-order valence-electron chi connectivity index (χ1n) is 4.23. The van der Waals surface area contributed by atoms with Crippen molar-refractivity contribution in [2.24, 2.45) is 0 Å². The Morgan fingerprint density at radius 2 is 1.86 bits per heavy atom. The van der Waals surface area contributed by atoms with Crippen LogP contribution in [0.15, 0.2) is 30.3 Å². The fourth-order valence-electron chi connectivity index (χ4n) is 1.43. The number of aliphatic hydroxyl groups excluding tert-OH is 1. The summed E-state index contributed by atoms with van der Waals surface area (Å²) in [7, 11) is 0. The molecule has 0 bridgehead atoms. The Labute approximate surface area is 86.4 Å². The van der Waals surface area contributed by atoms with Crippen LogP contribution in [-0.4, -0.2) is 10.2 Å². The van der Waals surface area contributed by atoms with Crippen LogP contribution in [0.2, 0.25) is 5.02 Å². The molecular weight excluding hydrogens is 200 g/mol. The summed E-state index contributed by atoms with van der Waals surface area (Å²) >= 11 is 5.83. The van der Waals surface area contributed by atoms with Gasteiger partial charge in [0, 0.05) is 10.6 Å². The van der Waals surface area contributed by atoms with Crippen LogP contribution in [0.5, 0.6) is 5.75 Å². The Morgan fingerprint density at radius 3 is 2.57 bits per heavy atom. The molecule has 72 valence electrons. The lowest BCUT2D eigenvalue weighted by Crippen LogP contribution is -1.84. The van der Waals surface area contributed by atoms with Crippen LogP contribution in [0.1, 0.15) is 5.56 Å². The van der Waals surface area contributed by atoms with E-state index in [2.05, 4.69) is 0 Å². The van der Waals surface area contributed by atoms with Crippen molar-refractivity contribution in [3.63, 3.8) is 0 Å². The lowest BCUT2D eigenvalue weighted by Gasteiger charge is -2.04. The highest BCUT2D eigenvalue weighted by Gasteiger charge is 2.02. The van der Waals surface area contributed by atoms with Crippen LogP contribution in [0.3, 0.4) is 0 Å². The van der Waals surface area contributed by atoms with E-state index in [9.17, 15) is 5.11 Å². The van der Waals surface area contributed by atoms with Gasteiger partial charge in [0.15, 0.2) is 0 Å². The summed E-state index contributed by atoms with van der Waals surface area (Å²) in [4.78, 5) is 0. The molecule has 2 rings (SSSR count). The molecule has 0 radical (unpaired) electrons. The van der Waals surface area contributed by atoms with Crippen molar-refractivity contribution in [1.29, 1.82) is 0 Å². The quantitative estimate of drug-likeness (QED) is 0.757. The molecule has 0 unspecified atom stereocenters. The minimum absolute atomic E-state index is 0.113. The molecule has 2 nitrogen and oxygen atoms in total. The lowest BCUT2D eigenvalue weighted by molar-refractivity contribution is 0.276. The molecule has 0 saturated carbocycles. The maximum Gasteiger partial charge on any atom is 0.121 e. The number of hydrogen-bond donors (Lipinski definition) is 2. The monoisotopic (exact) mass is 208 g/mol. The fraction of sp³-hybridized carbons (Fsp3) is 0.0909. The largest absolute Gasteiger partial charge is 0.508 e. The number of phenols is 1. The number of hydrogen-bond acceptors (Lipinski definition) is 2. The number of rotatable bonds is 1. The van der Waals surface area contributed by atoms with Crippen LogP contribution in [-0.2, 0) is 6.61 Å². The fourth-order valence-corrected chi connectivity index (χ4v) is 1.61. The zero-order valence-electron chi connectivity index (χ0n) is 7.37. The highest BCUT2D eigenvalue weighted by Crippen LogP contribution is 2.26. The molecule has 0 amide bonds. The van der Waals surface area contributed by atoms with Gasteiger partial charge in [-0.2, -0.15) is 0 Å². The van der Waals surface area contributed by atoms with E-state index in [1.165, 1.54) is 0 Å². The van der Waals surface area contributed by atoms with E-state index >= 15 is 0 Å². The Kier molecular flexibility index (Phi) is 2.32. The van der Waals surface area contributed by atoms with E-state index in [4.69, 9.17) is 16.7 Å². The van der Waals surface area contributed by atoms with Crippen molar-refractivity contribution in [2.45, 2.75) is 6.61 Å². The number of benzene rings is 2. The van der Waals surface area contributed by atoms with Crippen molar-refractivity contribution >= 4 is 22.4 Å². The molecule has 0 fully saturated rings. The minimum Gasteiger partial charge on any atom is -0.508 e. The van der Waals surface area contributed by atoms with E-state index in [0.717, 1.165) is 10.8 Å². The Bertz CT molecular complexity index is 480. The zero-order valence-corrected chi connectivity index (χ0v) is 8.12. The van der Waals surface area contributed by atoms with Crippen LogP contribution in [0, 0.1) is 0 Å². The minimum atomic E-state index is -0.172. The standard InChI is InChI=1S/C11H9ClO2/c12-10-2-1-7-5-11(14)9(6-13)3-8(7)4-10/h1-5,13-14H,6H2. The summed E-state index contributed by atoms with van der Waals surface area (Å²) < 4.78 is 0. The van der Waals surface area contributed by atoms with Crippen molar-refractivity contribution < 1.29 is 10.2 Å². The summed E-state index contributed by atoms with van der Waals surface area (Å²) in [5.74, 6) is 0.113. The molecule has 2 aromatic rings. The maximum atomic E-state index is 9.48. The first kappa shape index (κ1) is 9.31. The normalized spacial score (nSPS) is 10.7. The third-order valence-corrected chi connectivity index (χ3v) is 2.41. The van der Waals surface area contributed by atoms with E-state index < -0.39 is 0 Å². The number of fused-ring (bicyclic) bond motifs is 1. The number of aliphatic hydroxyl groups is 1. The summed E-state index contributed by atoms with van der Waals surface area (Å²) in [6.45, 7) is -0.172. The van der Waals surface area contributed by atoms with E-state index in [1.54, 1.807) is 24.3 Å². The zero-order chi connectivity index (χ0) is 10.1. The smallest absolute Gasteiger partial charge is 0.121 e. The summed E-state index contributed by atoms with van der Waals surface area (Å²) in [5, 5.41) is 20.9. The van der Waals surface area contributed by atoms with Gasteiger partial charge >= 0.3 is 0 Å². The molecule has 0 aliphatic rings. The van der Waals surface area contributed by atoms with Gasteiger partial charge in [-0.3, -0.25) is 0 Å². The molecule has 0 aliphatic heterocycles. The molecule has 0 atom stereocenters. The van der Waals surface area contributed by atoms with Crippen molar-refractivity contribution in [1.82, 2.24) is 0 Å². The highest BCUT2D eigenvalue weighted by atomic mass is 35.5. The molecule has 0 spiro atoms. The molecule has 3 heteroatoms. The average molecular weight is 209 g/mol. The molecule has 0 aromatic heterocycles. The summed E-state index contributed by atoms with van der Waals surface area (Å²) in [5.41, 5.74) is 0.514. The summed E-state index contributed by atoms with van der Waals surface area (Å²) in [6.07, 6.45) is 0. The number of aromatic hydroxyl groups is 1. The third kappa shape index (κ3) is 1.54. The predicted octanol–water partition coefficient (Wildman–Crippen LogP) is 2.69. The second-order valence-corrected chi connectivity index (χ2v) is 3.57. The van der Waals surface area contributed by atoms with Crippen LogP contribution >= 0.6 is 11.6 Å². The van der Waals surface area contributed by atoms with Crippen molar-refractivity contribution in [2.75, 3.05) is 0 Å². The Balaban J connectivity index is 2.73. The SMILES string of the molecule is OCc1cc2cc(Cl)ccc2cc1O. The average Bonchev–Trinajstić information content (AvgIpc) is 2.17. The second-order valence-electron chi connectivity index (χ2n) is 3.13. The summed E-state index contributed by atoms with van der Waals surface area (Å²) in [6, 6.07) is 8.75. The van der Waals surface area contributed by atoms with Gasteiger partial charge in [-0.1, -0.05) is 17.7 Å². The molecule has 0 heterocycles. The molecule has 14 heavy (non-hydrogen) atoms. The van der Waals surface area contributed by atoms with Gasteiger partial charge in [0.25, 0.3) is 0 Å². The lowest BCUT2D eigenvalue weighted by atomic mass is 10.1. The third-order valence-electron chi connectivity index (χ3n) is 2.17. The Hall–Kier alpha value is -1.25. The van der Waals surface area contributed by atoms with Gasteiger partial charge in [0.2, 0.25) is 0 Å². The first-order valence-corrected chi connectivity index (χ1v) is 4.60. The van der Waals surface area contributed by atoms with Crippen LogP contribution < -0.4 is 0 Å². The maximum absolute atomic E-state index is 9.48. The van der Waals surface area contributed by atoms with E-state index in [-0.39, 0.29) is 12.4 Å². The van der Waals surface area contributed by atoms with Crippen molar-refractivity contribution in [3.05, 3.63) is 40.9 Å². The van der Waals surface area contributed by atoms with Gasteiger partial charge in [-0.15, -0.1) is 0 Å². The first-order chi connectivity index (χ1) is 6.70. The highest BCUT2D eigenvalue weighted by molar-refractivity contribution is 6.31.